The molecule has 0 aliphatic heterocycles. The second kappa shape index (κ2) is 4.05. The third-order valence-corrected chi connectivity index (χ3v) is 3.08. The molecular weight excluding hydrogens is 214 g/mol. The van der Waals surface area contributed by atoms with Crippen LogP contribution in [0.4, 0.5) is 5.82 Å². The fraction of sp³-hybridized carbons (Fsp3) is 0.231. The van der Waals surface area contributed by atoms with Crippen LogP contribution in [0.25, 0.3) is 0 Å². The van der Waals surface area contributed by atoms with E-state index < -0.39 is 0 Å². The lowest BCUT2D eigenvalue weighted by Gasteiger charge is -2.11. The van der Waals surface area contributed by atoms with Gasteiger partial charge in [0.25, 0.3) is 5.56 Å². The average molecular weight is 227 g/mol. The topological polar surface area (TPSA) is 57.8 Å². The second-order valence-corrected chi connectivity index (χ2v) is 4.31. The number of aromatic nitrogens is 2. The Bertz CT molecular complexity index is 566. The van der Waals surface area contributed by atoms with E-state index in [1.165, 1.54) is 23.5 Å². The third kappa shape index (κ3) is 2.06. The summed E-state index contributed by atoms with van der Waals surface area (Å²) in [5.41, 5.74) is 2.64. The van der Waals surface area contributed by atoms with Gasteiger partial charge in [-0.1, -0.05) is 24.3 Å². The summed E-state index contributed by atoms with van der Waals surface area (Å²) >= 11 is 0. The van der Waals surface area contributed by atoms with Crippen molar-refractivity contribution in [3.05, 3.63) is 58.1 Å². The first-order valence-corrected chi connectivity index (χ1v) is 5.69. The molecule has 0 atom stereocenters. The molecule has 0 amide bonds. The summed E-state index contributed by atoms with van der Waals surface area (Å²) in [6, 6.07) is 10.3. The minimum atomic E-state index is -0.127. The smallest absolute Gasteiger partial charge is 0.252 e. The van der Waals surface area contributed by atoms with Crippen molar-refractivity contribution in [2.75, 3.05) is 5.32 Å². The molecule has 4 nitrogen and oxygen atoms in total. The number of hydrogen-bond donors (Lipinski definition) is 2. The number of hydrogen-bond acceptors (Lipinski definition) is 3. The van der Waals surface area contributed by atoms with Crippen LogP contribution in [-0.2, 0) is 12.8 Å². The first-order valence-electron chi connectivity index (χ1n) is 5.69. The van der Waals surface area contributed by atoms with Gasteiger partial charge in [-0.3, -0.25) is 4.79 Å². The van der Waals surface area contributed by atoms with Gasteiger partial charge in [0.15, 0.2) is 0 Å². The van der Waals surface area contributed by atoms with Crippen molar-refractivity contribution in [1.82, 2.24) is 9.97 Å². The summed E-state index contributed by atoms with van der Waals surface area (Å²) in [6.07, 6.45) is 3.40. The van der Waals surface area contributed by atoms with Crippen LogP contribution in [0.1, 0.15) is 11.1 Å². The zero-order valence-corrected chi connectivity index (χ0v) is 9.31. The molecule has 1 aliphatic rings. The average Bonchev–Trinajstić information content (AvgIpc) is 2.71. The van der Waals surface area contributed by atoms with Crippen LogP contribution >= 0.6 is 0 Å². The van der Waals surface area contributed by atoms with E-state index in [-0.39, 0.29) is 5.56 Å². The third-order valence-electron chi connectivity index (χ3n) is 3.08. The summed E-state index contributed by atoms with van der Waals surface area (Å²) in [7, 11) is 0. The molecule has 3 rings (SSSR count). The Hall–Kier alpha value is -2.10. The van der Waals surface area contributed by atoms with Gasteiger partial charge in [-0.2, -0.15) is 0 Å². The highest BCUT2D eigenvalue weighted by Crippen LogP contribution is 2.23. The van der Waals surface area contributed by atoms with Crippen LogP contribution in [0, 0.1) is 0 Å². The lowest BCUT2D eigenvalue weighted by atomic mass is 10.1. The van der Waals surface area contributed by atoms with Crippen LogP contribution in [0.2, 0.25) is 0 Å². The largest absolute Gasteiger partial charge is 0.366 e. The predicted octanol–water partition coefficient (Wildman–Crippen LogP) is 1.35. The van der Waals surface area contributed by atoms with E-state index in [1.54, 1.807) is 0 Å². The number of anilines is 1. The quantitative estimate of drug-likeness (QED) is 0.814. The number of aromatic amines is 1. The molecule has 86 valence electrons. The highest BCUT2D eigenvalue weighted by Gasteiger charge is 2.20. The number of benzene rings is 1. The molecule has 2 N–H and O–H groups in total. The zero-order chi connectivity index (χ0) is 11.7. The standard InChI is InChI=1S/C13H13N3O/c17-13-7-12(14-8-15-13)16-11-5-9-3-1-2-4-10(9)6-11/h1-4,7-8,11H,5-6H2,(H2,14,15,16,17). The molecule has 0 saturated heterocycles. The molecule has 17 heavy (non-hydrogen) atoms. The zero-order valence-electron chi connectivity index (χ0n) is 9.31. The highest BCUT2D eigenvalue weighted by molar-refractivity contribution is 5.40. The Labute approximate surface area is 98.7 Å². The van der Waals surface area contributed by atoms with E-state index in [0.29, 0.717) is 11.9 Å². The first-order chi connectivity index (χ1) is 8.31. The van der Waals surface area contributed by atoms with Crippen molar-refractivity contribution in [2.24, 2.45) is 0 Å². The van der Waals surface area contributed by atoms with Crippen LogP contribution in [0.5, 0.6) is 0 Å². The van der Waals surface area contributed by atoms with Crippen molar-refractivity contribution in [3.63, 3.8) is 0 Å². The lowest BCUT2D eigenvalue weighted by Crippen LogP contribution is -2.21. The van der Waals surface area contributed by atoms with E-state index in [9.17, 15) is 4.79 Å². The normalized spacial score (nSPS) is 14.6. The van der Waals surface area contributed by atoms with Gasteiger partial charge < -0.3 is 10.3 Å². The van der Waals surface area contributed by atoms with Crippen molar-refractivity contribution in [1.29, 1.82) is 0 Å². The molecule has 0 bridgehead atoms. The van der Waals surface area contributed by atoms with Crippen LogP contribution < -0.4 is 10.9 Å². The SMILES string of the molecule is O=c1cc(NC2Cc3ccccc3C2)nc[nH]1. The van der Waals surface area contributed by atoms with Crippen LogP contribution in [0.15, 0.2) is 41.5 Å². The minimum absolute atomic E-state index is 0.127. The number of nitrogens with one attached hydrogen (secondary N) is 2. The van der Waals surface area contributed by atoms with Gasteiger partial charge in [0, 0.05) is 12.1 Å². The second-order valence-electron chi connectivity index (χ2n) is 4.31. The fourth-order valence-electron chi connectivity index (χ4n) is 2.32. The molecule has 0 fully saturated rings. The molecule has 0 spiro atoms. The maximum atomic E-state index is 11.1. The summed E-state index contributed by atoms with van der Waals surface area (Å²) in [6.45, 7) is 0. The van der Waals surface area contributed by atoms with E-state index in [0.717, 1.165) is 12.8 Å². The molecule has 0 radical (unpaired) electrons. The van der Waals surface area contributed by atoms with E-state index in [2.05, 4.69) is 39.6 Å². The van der Waals surface area contributed by atoms with Gasteiger partial charge in [-0.05, 0) is 24.0 Å². The summed E-state index contributed by atoms with van der Waals surface area (Å²) in [4.78, 5) is 17.8. The summed E-state index contributed by atoms with van der Waals surface area (Å²) < 4.78 is 0. The van der Waals surface area contributed by atoms with Gasteiger partial charge >= 0.3 is 0 Å². The van der Waals surface area contributed by atoms with Gasteiger partial charge in [0.05, 0.1) is 6.33 Å². The van der Waals surface area contributed by atoms with Crippen molar-refractivity contribution in [2.45, 2.75) is 18.9 Å². The highest BCUT2D eigenvalue weighted by atomic mass is 16.1. The summed E-state index contributed by atoms with van der Waals surface area (Å²) in [5.74, 6) is 0.645. The van der Waals surface area contributed by atoms with Crippen molar-refractivity contribution >= 4 is 5.82 Å². The van der Waals surface area contributed by atoms with E-state index in [1.807, 2.05) is 0 Å². The first kappa shape index (κ1) is 10.1. The maximum absolute atomic E-state index is 11.1. The molecule has 0 unspecified atom stereocenters. The summed E-state index contributed by atoms with van der Waals surface area (Å²) in [5, 5.41) is 3.30. The Balaban J connectivity index is 1.76. The Morgan fingerprint density at radius 1 is 1.24 bits per heavy atom. The van der Waals surface area contributed by atoms with Gasteiger partial charge in [0.1, 0.15) is 5.82 Å². The molecule has 1 aliphatic carbocycles. The minimum Gasteiger partial charge on any atom is -0.366 e. The van der Waals surface area contributed by atoms with Gasteiger partial charge in [-0.15, -0.1) is 0 Å². The number of nitrogens with zero attached hydrogens (tertiary/aromatic N) is 1. The van der Waals surface area contributed by atoms with Crippen molar-refractivity contribution in [3.8, 4) is 0 Å². The van der Waals surface area contributed by atoms with Gasteiger partial charge in [0.2, 0.25) is 0 Å². The monoisotopic (exact) mass is 227 g/mol. The lowest BCUT2D eigenvalue weighted by molar-refractivity contribution is 0.767. The van der Waals surface area contributed by atoms with E-state index >= 15 is 0 Å². The Kier molecular flexibility index (Phi) is 2.40. The molecule has 0 saturated carbocycles. The molecule has 2 aromatic rings. The Morgan fingerprint density at radius 2 is 1.94 bits per heavy atom. The predicted molar refractivity (Wildman–Crippen MR) is 66.1 cm³/mol. The maximum Gasteiger partial charge on any atom is 0.252 e. The fourth-order valence-corrected chi connectivity index (χ4v) is 2.32. The van der Waals surface area contributed by atoms with Crippen LogP contribution in [-0.4, -0.2) is 16.0 Å². The molecule has 1 heterocycles. The van der Waals surface area contributed by atoms with Crippen molar-refractivity contribution < 1.29 is 0 Å². The number of fused-ring (bicyclic) bond motifs is 1. The molecular formula is C13H13N3O. The van der Waals surface area contributed by atoms with E-state index in [4.69, 9.17) is 0 Å². The molecule has 4 heteroatoms. The molecule has 1 aromatic carbocycles. The van der Waals surface area contributed by atoms with Gasteiger partial charge in [-0.25, -0.2) is 4.98 Å². The number of rotatable bonds is 2. The van der Waals surface area contributed by atoms with Crippen LogP contribution in [0.3, 0.4) is 0 Å². The number of H-pyrrole nitrogens is 1. The Morgan fingerprint density at radius 3 is 2.59 bits per heavy atom. The molecule has 1 aromatic heterocycles.